The highest BCUT2D eigenvalue weighted by atomic mass is 35.5. The van der Waals surface area contributed by atoms with Gasteiger partial charge in [0.05, 0.1) is 0 Å². The van der Waals surface area contributed by atoms with Crippen molar-refractivity contribution in [3.8, 4) is 5.75 Å². The van der Waals surface area contributed by atoms with Gasteiger partial charge < -0.3 is 10.1 Å². The molecule has 1 rings (SSSR count). The Morgan fingerprint density at radius 1 is 1.22 bits per heavy atom. The van der Waals surface area contributed by atoms with E-state index in [2.05, 4.69) is 51.2 Å². The first-order valence-corrected chi connectivity index (χ1v) is 6.57. The molecule has 1 N–H and O–H groups in total. The van der Waals surface area contributed by atoms with Gasteiger partial charge in [0.1, 0.15) is 12.4 Å². The van der Waals surface area contributed by atoms with Gasteiger partial charge in [-0.1, -0.05) is 31.5 Å². The molecule has 0 fully saturated rings. The highest BCUT2D eigenvalue weighted by Crippen LogP contribution is 2.22. The summed E-state index contributed by atoms with van der Waals surface area (Å²) in [7, 11) is 0. The fourth-order valence-corrected chi connectivity index (χ4v) is 1.82. The van der Waals surface area contributed by atoms with E-state index in [1.165, 1.54) is 24.0 Å². The topological polar surface area (TPSA) is 21.3 Å². The van der Waals surface area contributed by atoms with Gasteiger partial charge in [-0.3, -0.25) is 0 Å². The second kappa shape index (κ2) is 9.23. The molecule has 0 aromatic heterocycles. The summed E-state index contributed by atoms with van der Waals surface area (Å²) < 4.78 is 5.90. The second-order valence-electron chi connectivity index (χ2n) is 4.74. The Kier molecular flexibility index (Phi) is 8.86. The first kappa shape index (κ1) is 17.3. The summed E-state index contributed by atoms with van der Waals surface area (Å²) in [6, 6.07) is 6.66. The lowest BCUT2D eigenvalue weighted by Crippen LogP contribution is -2.32. The summed E-state index contributed by atoms with van der Waals surface area (Å²) in [5.74, 6) is 1.04. The van der Waals surface area contributed by atoms with Crippen molar-refractivity contribution in [1.29, 1.82) is 0 Å². The Morgan fingerprint density at radius 3 is 2.39 bits per heavy atom. The van der Waals surface area contributed by atoms with E-state index in [0.717, 1.165) is 18.9 Å². The van der Waals surface area contributed by atoms with Crippen LogP contribution in [-0.2, 0) is 0 Å². The average molecular weight is 272 g/mol. The largest absolute Gasteiger partial charge is 0.491 e. The minimum atomic E-state index is 0. The van der Waals surface area contributed by atoms with Crippen LogP contribution in [0.5, 0.6) is 5.75 Å². The summed E-state index contributed by atoms with van der Waals surface area (Å²) in [6.07, 6.45) is 2.46. The molecule has 1 aromatic rings. The van der Waals surface area contributed by atoms with Crippen molar-refractivity contribution in [3.63, 3.8) is 0 Å². The van der Waals surface area contributed by atoms with Crippen LogP contribution in [0.3, 0.4) is 0 Å². The third kappa shape index (κ3) is 5.74. The molecule has 2 nitrogen and oxygen atoms in total. The Balaban J connectivity index is 0.00000289. The van der Waals surface area contributed by atoms with Gasteiger partial charge in [0, 0.05) is 6.04 Å². The number of para-hydroxylation sites is 1. The summed E-state index contributed by atoms with van der Waals surface area (Å²) in [5.41, 5.74) is 2.43. The molecule has 1 atom stereocenters. The minimum absolute atomic E-state index is 0. The normalized spacial score (nSPS) is 11.8. The highest BCUT2D eigenvalue weighted by Gasteiger charge is 2.06. The quantitative estimate of drug-likeness (QED) is 0.760. The lowest BCUT2D eigenvalue weighted by molar-refractivity contribution is 0.270. The van der Waals surface area contributed by atoms with E-state index in [4.69, 9.17) is 4.74 Å². The number of aryl methyl sites for hydroxylation is 2. The smallest absolute Gasteiger partial charge is 0.125 e. The van der Waals surface area contributed by atoms with Crippen LogP contribution in [0.4, 0.5) is 0 Å². The van der Waals surface area contributed by atoms with Crippen LogP contribution in [0.2, 0.25) is 0 Å². The van der Waals surface area contributed by atoms with Gasteiger partial charge in [0.15, 0.2) is 0 Å². The summed E-state index contributed by atoms with van der Waals surface area (Å²) in [4.78, 5) is 0. The highest BCUT2D eigenvalue weighted by molar-refractivity contribution is 5.85. The van der Waals surface area contributed by atoms with E-state index in [1.807, 2.05) is 0 Å². The summed E-state index contributed by atoms with van der Waals surface area (Å²) >= 11 is 0. The molecule has 0 aliphatic heterocycles. The van der Waals surface area contributed by atoms with Crippen LogP contribution in [0.25, 0.3) is 0 Å². The Morgan fingerprint density at radius 2 is 1.83 bits per heavy atom. The fourth-order valence-electron chi connectivity index (χ4n) is 1.82. The number of hydrogen-bond donors (Lipinski definition) is 1. The Bertz CT molecular complexity index is 321. The molecule has 1 aromatic carbocycles. The van der Waals surface area contributed by atoms with Crippen LogP contribution in [0.15, 0.2) is 18.2 Å². The monoisotopic (exact) mass is 271 g/mol. The molecule has 0 saturated carbocycles. The van der Waals surface area contributed by atoms with E-state index in [-0.39, 0.29) is 12.4 Å². The molecular weight excluding hydrogens is 246 g/mol. The van der Waals surface area contributed by atoms with Gasteiger partial charge >= 0.3 is 0 Å². The van der Waals surface area contributed by atoms with Crippen molar-refractivity contribution < 1.29 is 4.74 Å². The van der Waals surface area contributed by atoms with Crippen LogP contribution in [0, 0.1) is 13.8 Å². The number of nitrogens with one attached hydrogen (secondary N) is 1. The molecule has 0 spiro atoms. The number of rotatable bonds is 7. The van der Waals surface area contributed by atoms with E-state index >= 15 is 0 Å². The summed E-state index contributed by atoms with van der Waals surface area (Å²) in [6.45, 7) is 10.4. The van der Waals surface area contributed by atoms with Crippen molar-refractivity contribution in [2.24, 2.45) is 0 Å². The van der Waals surface area contributed by atoms with E-state index in [9.17, 15) is 0 Å². The maximum Gasteiger partial charge on any atom is 0.125 e. The summed E-state index contributed by atoms with van der Waals surface area (Å²) in [5, 5.41) is 3.47. The van der Waals surface area contributed by atoms with E-state index in [1.54, 1.807) is 0 Å². The number of unbranched alkanes of at least 4 members (excludes halogenated alkanes) is 1. The molecule has 0 amide bonds. The van der Waals surface area contributed by atoms with Crippen molar-refractivity contribution in [2.75, 3.05) is 13.2 Å². The van der Waals surface area contributed by atoms with Gasteiger partial charge in [-0.2, -0.15) is 0 Å². The number of ether oxygens (including phenoxy) is 1. The molecular formula is C15H26ClNO. The number of benzene rings is 1. The molecule has 0 heterocycles. The Labute approximate surface area is 118 Å². The third-order valence-corrected chi connectivity index (χ3v) is 2.91. The van der Waals surface area contributed by atoms with Crippen LogP contribution >= 0.6 is 12.4 Å². The van der Waals surface area contributed by atoms with Crippen molar-refractivity contribution in [3.05, 3.63) is 29.3 Å². The van der Waals surface area contributed by atoms with Gasteiger partial charge in [0.2, 0.25) is 0 Å². The number of hydrogen-bond acceptors (Lipinski definition) is 2. The SMILES string of the molecule is CCCCNC(C)COc1c(C)cccc1C.Cl. The average Bonchev–Trinajstić information content (AvgIpc) is 2.29. The third-order valence-electron chi connectivity index (χ3n) is 2.91. The first-order valence-electron chi connectivity index (χ1n) is 6.57. The van der Waals surface area contributed by atoms with Crippen molar-refractivity contribution in [2.45, 2.75) is 46.6 Å². The maximum absolute atomic E-state index is 5.90. The van der Waals surface area contributed by atoms with Crippen LogP contribution < -0.4 is 10.1 Å². The zero-order chi connectivity index (χ0) is 12.7. The van der Waals surface area contributed by atoms with Crippen molar-refractivity contribution in [1.82, 2.24) is 5.32 Å². The predicted molar refractivity (Wildman–Crippen MR) is 81.0 cm³/mol. The van der Waals surface area contributed by atoms with Gasteiger partial charge in [0.25, 0.3) is 0 Å². The first-order chi connectivity index (χ1) is 8.15. The van der Waals surface area contributed by atoms with Gasteiger partial charge in [-0.25, -0.2) is 0 Å². The lowest BCUT2D eigenvalue weighted by Gasteiger charge is -2.17. The molecule has 0 aliphatic carbocycles. The molecule has 18 heavy (non-hydrogen) atoms. The van der Waals surface area contributed by atoms with Gasteiger partial charge in [-0.05, 0) is 44.9 Å². The molecule has 0 aliphatic rings. The zero-order valence-electron chi connectivity index (χ0n) is 12.0. The molecule has 0 radical (unpaired) electrons. The standard InChI is InChI=1S/C15H25NO.ClH/c1-5-6-10-16-14(4)11-17-15-12(2)8-7-9-13(15)3;/h7-9,14,16H,5-6,10-11H2,1-4H3;1H. The molecule has 0 bridgehead atoms. The van der Waals surface area contributed by atoms with Crippen molar-refractivity contribution >= 4 is 12.4 Å². The molecule has 104 valence electrons. The molecule has 0 saturated heterocycles. The Hall–Kier alpha value is -0.730. The minimum Gasteiger partial charge on any atom is -0.491 e. The van der Waals surface area contributed by atoms with E-state index in [0.29, 0.717) is 6.04 Å². The van der Waals surface area contributed by atoms with Crippen LogP contribution in [0.1, 0.15) is 37.8 Å². The fraction of sp³-hybridized carbons (Fsp3) is 0.600. The second-order valence-corrected chi connectivity index (χ2v) is 4.74. The maximum atomic E-state index is 5.90. The predicted octanol–water partition coefficient (Wildman–Crippen LogP) is 3.88. The van der Waals surface area contributed by atoms with Gasteiger partial charge in [-0.15, -0.1) is 12.4 Å². The zero-order valence-corrected chi connectivity index (χ0v) is 12.8. The van der Waals surface area contributed by atoms with Crippen LogP contribution in [-0.4, -0.2) is 19.2 Å². The number of halogens is 1. The lowest BCUT2D eigenvalue weighted by atomic mass is 10.1. The molecule has 3 heteroatoms. The van der Waals surface area contributed by atoms with E-state index < -0.39 is 0 Å². The molecule has 1 unspecified atom stereocenters.